The Morgan fingerprint density at radius 3 is 2.36 bits per heavy atom. The Bertz CT molecular complexity index is 240. The van der Waals surface area contributed by atoms with Gasteiger partial charge in [0.05, 0.1) is 5.56 Å². The first kappa shape index (κ1) is 8.55. The highest BCUT2D eigenvalue weighted by Gasteiger charge is 2.31. The zero-order valence-electron chi connectivity index (χ0n) is 5.48. The maximum absolute atomic E-state index is 11.9. The number of thiophene rings is 1. The van der Waals surface area contributed by atoms with Crippen LogP contribution in [0.4, 0.5) is 13.2 Å². The molecule has 1 heterocycles. The summed E-state index contributed by atoms with van der Waals surface area (Å²) in [5, 5.41) is 1.07. The third kappa shape index (κ3) is 1.94. The van der Waals surface area contributed by atoms with E-state index in [2.05, 4.69) is 0 Å². The van der Waals surface area contributed by atoms with Crippen molar-refractivity contribution < 1.29 is 13.2 Å². The third-order valence-corrected chi connectivity index (χ3v) is 2.14. The highest BCUT2D eigenvalue weighted by atomic mass is 32.1. The Labute approximate surface area is 65.6 Å². The van der Waals surface area contributed by atoms with Crippen molar-refractivity contribution in [3.05, 3.63) is 21.9 Å². The van der Waals surface area contributed by atoms with E-state index in [1.165, 1.54) is 0 Å². The molecule has 0 atom stereocenters. The van der Waals surface area contributed by atoms with Crippen molar-refractivity contribution in [1.82, 2.24) is 0 Å². The van der Waals surface area contributed by atoms with Crippen LogP contribution in [0.2, 0.25) is 0 Å². The zero-order chi connectivity index (χ0) is 8.48. The van der Waals surface area contributed by atoms with Crippen LogP contribution >= 0.6 is 11.3 Å². The summed E-state index contributed by atoms with van der Waals surface area (Å²) in [6, 6.07) is 1.07. The fourth-order valence-electron chi connectivity index (χ4n) is 0.636. The maximum atomic E-state index is 11.9. The van der Waals surface area contributed by atoms with Crippen molar-refractivity contribution in [1.29, 1.82) is 0 Å². The monoisotopic (exact) mass is 181 g/mol. The molecule has 0 spiro atoms. The van der Waals surface area contributed by atoms with Crippen LogP contribution < -0.4 is 5.73 Å². The normalized spacial score (nSPS) is 12.0. The fourth-order valence-corrected chi connectivity index (χ4v) is 1.41. The molecule has 1 nitrogen and oxygen atoms in total. The van der Waals surface area contributed by atoms with Crippen LogP contribution in [-0.4, -0.2) is 0 Å². The summed E-state index contributed by atoms with van der Waals surface area (Å²) in [6.07, 6.45) is -4.23. The molecule has 1 aromatic rings. The summed E-state index contributed by atoms with van der Waals surface area (Å²) < 4.78 is 35.7. The van der Waals surface area contributed by atoms with Gasteiger partial charge in [0.1, 0.15) is 0 Å². The van der Waals surface area contributed by atoms with Crippen LogP contribution in [-0.2, 0) is 12.7 Å². The van der Waals surface area contributed by atoms with Crippen molar-refractivity contribution in [3.63, 3.8) is 0 Å². The minimum absolute atomic E-state index is 0.167. The van der Waals surface area contributed by atoms with E-state index >= 15 is 0 Å². The van der Waals surface area contributed by atoms with E-state index in [0.29, 0.717) is 4.88 Å². The minimum Gasteiger partial charge on any atom is -0.326 e. The standard InChI is InChI=1S/C6H6F3NS/c7-6(8,9)4-1-5(2-10)11-3-4/h1,3H,2,10H2. The summed E-state index contributed by atoms with van der Waals surface area (Å²) in [5.41, 5.74) is 4.54. The number of alkyl halides is 3. The molecule has 0 amide bonds. The first-order chi connectivity index (χ1) is 5.04. The molecule has 11 heavy (non-hydrogen) atoms. The lowest BCUT2D eigenvalue weighted by Crippen LogP contribution is -2.02. The van der Waals surface area contributed by atoms with Crippen LogP contribution in [0.3, 0.4) is 0 Å². The van der Waals surface area contributed by atoms with E-state index in [4.69, 9.17) is 5.73 Å². The molecule has 0 saturated carbocycles. The minimum atomic E-state index is -4.23. The Hall–Kier alpha value is -0.550. The highest BCUT2D eigenvalue weighted by molar-refractivity contribution is 7.10. The summed E-state index contributed by atoms with van der Waals surface area (Å²) in [6.45, 7) is 0.167. The predicted molar refractivity (Wildman–Crippen MR) is 37.2 cm³/mol. The Balaban J connectivity index is 2.89. The van der Waals surface area contributed by atoms with Gasteiger partial charge >= 0.3 is 6.18 Å². The van der Waals surface area contributed by atoms with Crippen molar-refractivity contribution in [2.75, 3.05) is 0 Å². The van der Waals surface area contributed by atoms with Crippen LogP contribution in [0.5, 0.6) is 0 Å². The molecular weight excluding hydrogens is 175 g/mol. The summed E-state index contributed by atoms with van der Waals surface area (Å²) in [7, 11) is 0. The van der Waals surface area contributed by atoms with Crippen LogP contribution in [0.15, 0.2) is 11.4 Å². The molecule has 0 bridgehead atoms. The quantitative estimate of drug-likeness (QED) is 0.706. The van der Waals surface area contributed by atoms with E-state index in [0.717, 1.165) is 22.8 Å². The van der Waals surface area contributed by atoms with Crippen molar-refractivity contribution in [2.45, 2.75) is 12.7 Å². The van der Waals surface area contributed by atoms with Gasteiger partial charge in [0.2, 0.25) is 0 Å². The highest BCUT2D eigenvalue weighted by Crippen LogP contribution is 2.32. The second-order valence-corrected chi connectivity index (χ2v) is 3.00. The lowest BCUT2D eigenvalue weighted by Gasteiger charge is -2.00. The second kappa shape index (κ2) is 2.83. The molecule has 0 fully saturated rings. The van der Waals surface area contributed by atoms with Crippen molar-refractivity contribution >= 4 is 11.3 Å². The first-order valence-corrected chi connectivity index (χ1v) is 3.76. The van der Waals surface area contributed by atoms with E-state index < -0.39 is 11.7 Å². The van der Waals surface area contributed by atoms with Gasteiger partial charge in [-0.15, -0.1) is 11.3 Å². The number of halogens is 3. The van der Waals surface area contributed by atoms with E-state index in [9.17, 15) is 13.2 Å². The van der Waals surface area contributed by atoms with Gasteiger partial charge in [0.15, 0.2) is 0 Å². The molecule has 0 saturated heterocycles. The van der Waals surface area contributed by atoms with E-state index in [1.54, 1.807) is 0 Å². The summed E-state index contributed by atoms with van der Waals surface area (Å²) in [5.74, 6) is 0. The molecule has 1 aromatic heterocycles. The Morgan fingerprint density at radius 1 is 1.45 bits per heavy atom. The van der Waals surface area contributed by atoms with Gasteiger partial charge in [-0.2, -0.15) is 13.2 Å². The topological polar surface area (TPSA) is 26.0 Å². The Morgan fingerprint density at radius 2 is 2.09 bits per heavy atom. The molecule has 0 aliphatic carbocycles. The summed E-state index contributed by atoms with van der Waals surface area (Å²) >= 11 is 1.03. The van der Waals surface area contributed by atoms with Crippen LogP contribution in [0.25, 0.3) is 0 Å². The smallest absolute Gasteiger partial charge is 0.326 e. The van der Waals surface area contributed by atoms with Crippen molar-refractivity contribution in [3.8, 4) is 0 Å². The van der Waals surface area contributed by atoms with Crippen LogP contribution in [0, 0.1) is 0 Å². The fraction of sp³-hybridized carbons (Fsp3) is 0.333. The van der Waals surface area contributed by atoms with Gasteiger partial charge in [0, 0.05) is 16.8 Å². The molecular formula is C6H6F3NS. The molecule has 0 unspecified atom stereocenters. The first-order valence-electron chi connectivity index (χ1n) is 2.88. The molecule has 62 valence electrons. The predicted octanol–water partition coefficient (Wildman–Crippen LogP) is 2.23. The molecule has 0 aromatic carbocycles. The number of hydrogen-bond acceptors (Lipinski definition) is 2. The van der Waals surface area contributed by atoms with Gasteiger partial charge < -0.3 is 5.73 Å². The zero-order valence-corrected chi connectivity index (χ0v) is 6.30. The molecule has 1 rings (SSSR count). The lowest BCUT2D eigenvalue weighted by molar-refractivity contribution is -0.137. The second-order valence-electron chi connectivity index (χ2n) is 2.00. The largest absolute Gasteiger partial charge is 0.417 e. The average molecular weight is 181 g/mol. The molecule has 0 aliphatic heterocycles. The number of rotatable bonds is 1. The molecule has 0 aliphatic rings. The van der Waals surface area contributed by atoms with Gasteiger partial charge in [-0.3, -0.25) is 0 Å². The Kier molecular flexibility index (Phi) is 2.20. The lowest BCUT2D eigenvalue weighted by atomic mass is 10.3. The van der Waals surface area contributed by atoms with Gasteiger partial charge in [-0.1, -0.05) is 0 Å². The van der Waals surface area contributed by atoms with Crippen LogP contribution in [0.1, 0.15) is 10.4 Å². The SMILES string of the molecule is NCc1cc(C(F)(F)F)cs1. The van der Waals surface area contributed by atoms with Gasteiger partial charge in [0.25, 0.3) is 0 Å². The molecule has 2 N–H and O–H groups in total. The van der Waals surface area contributed by atoms with Gasteiger partial charge in [-0.05, 0) is 6.07 Å². The molecule has 0 radical (unpaired) electrons. The third-order valence-electron chi connectivity index (χ3n) is 1.18. The van der Waals surface area contributed by atoms with E-state index in [-0.39, 0.29) is 6.54 Å². The molecule has 5 heteroatoms. The number of nitrogens with two attached hydrogens (primary N) is 1. The maximum Gasteiger partial charge on any atom is 0.417 e. The van der Waals surface area contributed by atoms with E-state index in [1.807, 2.05) is 0 Å². The number of hydrogen-bond donors (Lipinski definition) is 1. The average Bonchev–Trinajstić information content (AvgIpc) is 2.32. The van der Waals surface area contributed by atoms with Gasteiger partial charge in [-0.25, -0.2) is 0 Å². The van der Waals surface area contributed by atoms with Crippen molar-refractivity contribution in [2.24, 2.45) is 5.73 Å². The summed E-state index contributed by atoms with van der Waals surface area (Å²) in [4.78, 5) is 0.553.